The third kappa shape index (κ3) is 5.99. The summed E-state index contributed by atoms with van der Waals surface area (Å²) in [5, 5.41) is 21.3. The summed E-state index contributed by atoms with van der Waals surface area (Å²) in [5.74, 6) is -0.664. The average molecular weight is 442 g/mol. The van der Waals surface area contributed by atoms with Gasteiger partial charge in [-0.05, 0) is 60.0 Å². The van der Waals surface area contributed by atoms with Crippen LogP contribution in [0.15, 0.2) is 72.3 Å². The first-order valence-electron chi connectivity index (χ1n) is 10.0. The summed E-state index contributed by atoms with van der Waals surface area (Å²) in [6.45, 7) is 2.02. The number of carboxylic acid groups (broad SMARTS) is 1. The smallest absolute Gasteiger partial charge is 0.335 e. The Morgan fingerprint density at radius 2 is 1.85 bits per heavy atom. The van der Waals surface area contributed by atoms with Crippen LogP contribution < -0.4 is 14.8 Å². The van der Waals surface area contributed by atoms with Crippen molar-refractivity contribution in [1.82, 2.24) is 0 Å². The number of para-hydroxylation sites is 1. The van der Waals surface area contributed by atoms with Gasteiger partial charge in [-0.25, -0.2) is 4.79 Å². The fraction of sp³-hybridized carbons (Fsp3) is 0.115. The van der Waals surface area contributed by atoms with Crippen molar-refractivity contribution in [3.63, 3.8) is 0 Å². The number of hydrogen-bond donors (Lipinski definition) is 2. The molecule has 0 fully saturated rings. The molecular formula is C26H22N2O5. The molecule has 2 N–H and O–H groups in total. The van der Waals surface area contributed by atoms with E-state index < -0.39 is 11.9 Å². The molecule has 0 aliphatic carbocycles. The molecule has 7 heteroatoms. The highest BCUT2D eigenvalue weighted by Gasteiger charge is 2.12. The molecule has 0 atom stereocenters. The number of aryl methyl sites for hydroxylation is 1. The Bertz CT molecular complexity index is 1260. The zero-order valence-electron chi connectivity index (χ0n) is 18.2. The number of nitriles is 1. The molecular weight excluding hydrogens is 420 g/mol. The summed E-state index contributed by atoms with van der Waals surface area (Å²) in [7, 11) is 1.48. The maximum absolute atomic E-state index is 12.6. The van der Waals surface area contributed by atoms with E-state index in [2.05, 4.69) is 5.32 Å². The lowest BCUT2D eigenvalue weighted by atomic mass is 10.1. The SMILES string of the molecule is COc1cc(/C=C(/C#N)C(=O)Nc2ccccc2C)ccc1OCc1cccc(C(=O)O)c1. The van der Waals surface area contributed by atoms with Crippen molar-refractivity contribution in [2.75, 3.05) is 12.4 Å². The summed E-state index contributed by atoms with van der Waals surface area (Å²) in [6.07, 6.45) is 1.47. The fourth-order valence-corrected chi connectivity index (χ4v) is 3.07. The van der Waals surface area contributed by atoms with Crippen LogP contribution in [0.25, 0.3) is 6.08 Å². The van der Waals surface area contributed by atoms with E-state index in [4.69, 9.17) is 14.6 Å². The number of rotatable bonds is 8. The first kappa shape index (κ1) is 23.1. The van der Waals surface area contributed by atoms with E-state index in [1.807, 2.05) is 25.1 Å². The third-order valence-corrected chi connectivity index (χ3v) is 4.83. The second-order valence-corrected chi connectivity index (χ2v) is 7.14. The van der Waals surface area contributed by atoms with Crippen molar-refractivity contribution < 1.29 is 24.2 Å². The predicted molar refractivity (Wildman–Crippen MR) is 124 cm³/mol. The highest BCUT2D eigenvalue weighted by Crippen LogP contribution is 2.30. The van der Waals surface area contributed by atoms with Crippen LogP contribution in [0.5, 0.6) is 11.5 Å². The van der Waals surface area contributed by atoms with E-state index in [1.54, 1.807) is 42.5 Å². The van der Waals surface area contributed by atoms with Gasteiger partial charge in [-0.15, -0.1) is 0 Å². The minimum Gasteiger partial charge on any atom is -0.493 e. The molecule has 0 radical (unpaired) electrons. The van der Waals surface area contributed by atoms with Crippen molar-refractivity contribution in [3.8, 4) is 17.6 Å². The predicted octanol–water partition coefficient (Wildman–Crippen LogP) is 4.83. The van der Waals surface area contributed by atoms with Gasteiger partial charge in [-0.1, -0.05) is 36.4 Å². The Kier molecular flexibility index (Phi) is 7.45. The van der Waals surface area contributed by atoms with E-state index >= 15 is 0 Å². The lowest BCUT2D eigenvalue weighted by Gasteiger charge is -2.12. The molecule has 3 aromatic rings. The molecule has 3 aromatic carbocycles. The first-order chi connectivity index (χ1) is 15.9. The number of methoxy groups -OCH3 is 1. The van der Waals surface area contributed by atoms with Gasteiger partial charge in [0.1, 0.15) is 18.2 Å². The van der Waals surface area contributed by atoms with Gasteiger partial charge in [0, 0.05) is 5.69 Å². The Labute approximate surface area is 191 Å². The van der Waals surface area contributed by atoms with Gasteiger partial charge in [0.15, 0.2) is 11.5 Å². The maximum atomic E-state index is 12.6. The zero-order chi connectivity index (χ0) is 23.8. The molecule has 3 rings (SSSR count). The number of nitrogens with zero attached hydrogens (tertiary/aromatic N) is 1. The summed E-state index contributed by atoms with van der Waals surface area (Å²) >= 11 is 0. The number of amides is 1. The molecule has 7 nitrogen and oxygen atoms in total. The van der Waals surface area contributed by atoms with Crippen molar-refractivity contribution in [1.29, 1.82) is 5.26 Å². The number of carboxylic acids is 1. The van der Waals surface area contributed by atoms with E-state index in [0.717, 1.165) is 5.56 Å². The van der Waals surface area contributed by atoms with Crippen LogP contribution in [0, 0.1) is 18.3 Å². The van der Waals surface area contributed by atoms with Gasteiger partial charge in [0.25, 0.3) is 5.91 Å². The minimum atomic E-state index is -1.01. The maximum Gasteiger partial charge on any atom is 0.335 e. The molecule has 0 heterocycles. The normalized spacial score (nSPS) is 10.8. The van der Waals surface area contributed by atoms with Gasteiger partial charge in [0.05, 0.1) is 12.7 Å². The topological polar surface area (TPSA) is 109 Å². The van der Waals surface area contributed by atoms with Gasteiger partial charge in [-0.2, -0.15) is 5.26 Å². The lowest BCUT2D eigenvalue weighted by molar-refractivity contribution is -0.112. The number of anilines is 1. The first-order valence-corrected chi connectivity index (χ1v) is 10.0. The van der Waals surface area contributed by atoms with Crippen LogP contribution in [-0.2, 0) is 11.4 Å². The van der Waals surface area contributed by atoms with Crippen LogP contribution in [0.1, 0.15) is 27.0 Å². The number of aromatic carboxylic acids is 1. The van der Waals surface area contributed by atoms with Crippen LogP contribution >= 0.6 is 0 Å². The second-order valence-electron chi connectivity index (χ2n) is 7.14. The van der Waals surface area contributed by atoms with Crippen LogP contribution in [-0.4, -0.2) is 24.1 Å². The van der Waals surface area contributed by atoms with Crippen molar-refractivity contribution >= 4 is 23.6 Å². The largest absolute Gasteiger partial charge is 0.493 e. The van der Waals surface area contributed by atoms with Gasteiger partial charge < -0.3 is 19.9 Å². The van der Waals surface area contributed by atoms with Crippen LogP contribution in [0.2, 0.25) is 0 Å². The monoisotopic (exact) mass is 442 g/mol. The van der Waals surface area contributed by atoms with E-state index in [9.17, 15) is 14.9 Å². The zero-order valence-corrected chi connectivity index (χ0v) is 18.2. The van der Waals surface area contributed by atoms with Crippen molar-refractivity contribution in [3.05, 3.63) is 94.6 Å². The van der Waals surface area contributed by atoms with Crippen LogP contribution in [0.3, 0.4) is 0 Å². The molecule has 0 bridgehead atoms. The number of nitrogens with one attached hydrogen (secondary N) is 1. The quantitative estimate of drug-likeness (QED) is 0.382. The fourth-order valence-electron chi connectivity index (χ4n) is 3.07. The molecule has 0 saturated carbocycles. The summed E-state index contributed by atoms with van der Waals surface area (Å²) in [6, 6.07) is 20.7. The van der Waals surface area contributed by atoms with Gasteiger partial charge >= 0.3 is 5.97 Å². The molecule has 33 heavy (non-hydrogen) atoms. The number of ether oxygens (including phenoxy) is 2. The molecule has 0 aliphatic heterocycles. The molecule has 1 amide bonds. The molecule has 0 unspecified atom stereocenters. The second kappa shape index (κ2) is 10.6. The number of hydrogen-bond acceptors (Lipinski definition) is 5. The Balaban J connectivity index is 1.76. The summed E-state index contributed by atoms with van der Waals surface area (Å²) in [4.78, 5) is 23.7. The van der Waals surface area contributed by atoms with E-state index in [-0.39, 0.29) is 17.7 Å². The number of carbonyl (C=O) groups excluding carboxylic acids is 1. The molecule has 0 aliphatic rings. The molecule has 0 saturated heterocycles. The van der Waals surface area contributed by atoms with Crippen molar-refractivity contribution in [2.45, 2.75) is 13.5 Å². The van der Waals surface area contributed by atoms with Crippen LogP contribution in [0.4, 0.5) is 5.69 Å². The minimum absolute atomic E-state index is 0.0561. The number of carbonyl (C=O) groups is 2. The average Bonchev–Trinajstić information content (AvgIpc) is 2.83. The summed E-state index contributed by atoms with van der Waals surface area (Å²) < 4.78 is 11.2. The van der Waals surface area contributed by atoms with Gasteiger partial charge in [-0.3, -0.25) is 4.79 Å². The van der Waals surface area contributed by atoms with Crippen molar-refractivity contribution in [2.24, 2.45) is 0 Å². The van der Waals surface area contributed by atoms with Gasteiger partial charge in [0.2, 0.25) is 0 Å². The standard InChI is InChI=1S/C26H22N2O5/c1-17-6-3-4-9-22(17)28-25(29)21(15-27)12-18-10-11-23(24(14-18)32-2)33-16-19-7-5-8-20(13-19)26(30)31/h3-14H,16H2,1-2H3,(H,28,29)(H,30,31)/b21-12-. The van der Waals surface area contributed by atoms with E-state index in [1.165, 1.54) is 25.3 Å². The highest BCUT2D eigenvalue weighted by molar-refractivity contribution is 6.10. The third-order valence-electron chi connectivity index (χ3n) is 4.83. The molecule has 166 valence electrons. The summed E-state index contributed by atoms with van der Waals surface area (Å²) in [5.41, 5.74) is 2.93. The van der Waals surface area contributed by atoms with E-state index in [0.29, 0.717) is 28.3 Å². The Hall–Kier alpha value is -4.57. The molecule has 0 spiro atoms. The Morgan fingerprint density at radius 1 is 1.06 bits per heavy atom. The molecule has 0 aromatic heterocycles. The highest BCUT2D eigenvalue weighted by atomic mass is 16.5. The Morgan fingerprint density at radius 3 is 2.55 bits per heavy atom. The number of benzene rings is 3. The lowest BCUT2D eigenvalue weighted by Crippen LogP contribution is -2.14.